The third-order valence-corrected chi connectivity index (χ3v) is 2.63. The number of benzene rings is 1. The molecule has 5 heteroatoms. The molecule has 0 radical (unpaired) electrons. The molecule has 0 bridgehead atoms. The summed E-state index contributed by atoms with van der Waals surface area (Å²) in [6.07, 6.45) is -0.488. The fourth-order valence-electron chi connectivity index (χ4n) is 1.80. The Morgan fingerprint density at radius 1 is 1.62 bits per heavy atom. The van der Waals surface area contributed by atoms with E-state index < -0.39 is 6.10 Å². The second-order valence-electron chi connectivity index (χ2n) is 3.94. The van der Waals surface area contributed by atoms with Crippen molar-refractivity contribution in [2.24, 2.45) is 0 Å². The molecule has 0 saturated carbocycles. The minimum absolute atomic E-state index is 0.0736. The lowest BCUT2D eigenvalue weighted by molar-refractivity contribution is -0.115. The highest BCUT2D eigenvalue weighted by Crippen LogP contribution is 2.31. The number of β-amino-alcohol motifs (C(OH)–C–C–N with tert-alkyl or cyclic N) is 1. The first kappa shape index (κ1) is 11.2. The molecule has 2 rings (SSSR count). The summed E-state index contributed by atoms with van der Waals surface area (Å²) in [5.74, 6) is -0.0736. The van der Waals surface area contributed by atoms with Gasteiger partial charge in [0.2, 0.25) is 5.91 Å². The topological polar surface area (TPSA) is 52.6 Å². The van der Waals surface area contributed by atoms with Gasteiger partial charge in [-0.3, -0.25) is 4.79 Å². The van der Waals surface area contributed by atoms with Crippen molar-refractivity contribution in [3.8, 4) is 0 Å². The van der Waals surface area contributed by atoms with E-state index in [2.05, 4.69) is 5.32 Å². The van der Waals surface area contributed by atoms with Gasteiger partial charge in [0.05, 0.1) is 24.0 Å². The predicted octanol–water partition coefficient (Wildman–Crippen LogP) is 1.48. The van der Waals surface area contributed by atoms with E-state index >= 15 is 0 Å². The monoisotopic (exact) mass is 240 g/mol. The highest BCUT2D eigenvalue weighted by atomic mass is 35.5. The van der Waals surface area contributed by atoms with Crippen LogP contribution in [-0.2, 0) is 4.79 Å². The molecule has 4 nitrogen and oxygen atoms in total. The maximum atomic E-state index is 11.4. The van der Waals surface area contributed by atoms with Gasteiger partial charge in [-0.25, -0.2) is 0 Å². The summed E-state index contributed by atoms with van der Waals surface area (Å²) < 4.78 is 0. The number of amides is 1. The molecule has 1 aliphatic heterocycles. The van der Waals surface area contributed by atoms with Crippen molar-refractivity contribution in [1.82, 2.24) is 0 Å². The van der Waals surface area contributed by atoms with Gasteiger partial charge in [0.15, 0.2) is 0 Å². The predicted molar refractivity (Wildman–Crippen MR) is 64.0 cm³/mol. The molecule has 16 heavy (non-hydrogen) atoms. The molecule has 1 atom stereocenters. The van der Waals surface area contributed by atoms with Crippen LogP contribution in [0.2, 0.25) is 5.02 Å². The number of nitrogens with one attached hydrogen (secondary N) is 1. The standard InChI is InChI=1S/C11H13ClN2O2/c1-7(15)5-14-6-11(16)13-9-3-2-8(12)4-10(9)14/h2-4,7,15H,5-6H2,1H3,(H,13,16). The van der Waals surface area contributed by atoms with Crippen LogP contribution in [0, 0.1) is 0 Å². The average molecular weight is 241 g/mol. The zero-order valence-electron chi connectivity index (χ0n) is 8.90. The third-order valence-electron chi connectivity index (χ3n) is 2.39. The molecule has 1 unspecified atom stereocenters. The van der Waals surface area contributed by atoms with E-state index in [1.54, 1.807) is 25.1 Å². The molecule has 0 saturated heterocycles. The summed E-state index contributed by atoms with van der Waals surface area (Å²) in [7, 11) is 0. The number of aliphatic hydroxyl groups is 1. The van der Waals surface area contributed by atoms with Gasteiger partial charge in [0.25, 0.3) is 0 Å². The van der Waals surface area contributed by atoms with Crippen molar-refractivity contribution in [3.05, 3.63) is 23.2 Å². The number of halogens is 1. The molecule has 86 valence electrons. The van der Waals surface area contributed by atoms with Crippen LogP contribution in [0.15, 0.2) is 18.2 Å². The first-order valence-electron chi connectivity index (χ1n) is 5.08. The van der Waals surface area contributed by atoms with Crippen LogP contribution in [0.1, 0.15) is 6.92 Å². The van der Waals surface area contributed by atoms with E-state index in [9.17, 15) is 9.90 Å². The Bertz CT molecular complexity index is 420. The Labute approximate surface area is 98.8 Å². The van der Waals surface area contributed by atoms with E-state index in [0.717, 1.165) is 11.4 Å². The Hall–Kier alpha value is -1.26. The van der Waals surface area contributed by atoms with Crippen molar-refractivity contribution in [3.63, 3.8) is 0 Å². The Kier molecular flexibility index (Phi) is 3.03. The fraction of sp³-hybridized carbons (Fsp3) is 0.364. The lowest BCUT2D eigenvalue weighted by Crippen LogP contribution is -2.41. The fourth-order valence-corrected chi connectivity index (χ4v) is 1.97. The number of carbonyl (C=O) groups is 1. The summed E-state index contributed by atoms with van der Waals surface area (Å²) in [4.78, 5) is 13.3. The van der Waals surface area contributed by atoms with Crippen LogP contribution in [0.5, 0.6) is 0 Å². The minimum Gasteiger partial charge on any atom is -0.392 e. The summed E-state index contributed by atoms with van der Waals surface area (Å²) in [6, 6.07) is 5.29. The zero-order valence-corrected chi connectivity index (χ0v) is 9.66. The van der Waals surface area contributed by atoms with Crippen LogP contribution >= 0.6 is 11.6 Å². The first-order valence-corrected chi connectivity index (χ1v) is 5.46. The van der Waals surface area contributed by atoms with Gasteiger partial charge in [-0.05, 0) is 25.1 Å². The number of rotatable bonds is 2. The smallest absolute Gasteiger partial charge is 0.243 e. The Morgan fingerprint density at radius 2 is 2.38 bits per heavy atom. The number of fused-ring (bicyclic) bond motifs is 1. The Morgan fingerprint density at radius 3 is 3.06 bits per heavy atom. The number of anilines is 2. The second-order valence-corrected chi connectivity index (χ2v) is 4.38. The van der Waals surface area contributed by atoms with Gasteiger partial charge >= 0.3 is 0 Å². The number of nitrogens with zero attached hydrogens (tertiary/aromatic N) is 1. The maximum Gasteiger partial charge on any atom is 0.243 e. The van der Waals surface area contributed by atoms with Gasteiger partial charge < -0.3 is 15.3 Å². The van der Waals surface area contributed by atoms with Crippen molar-refractivity contribution in [1.29, 1.82) is 0 Å². The SMILES string of the molecule is CC(O)CN1CC(=O)Nc2ccc(Cl)cc21. The molecular formula is C11H13ClN2O2. The van der Waals surface area contributed by atoms with Crippen LogP contribution in [-0.4, -0.2) is 30.2 Å². The van der Waals surface area contributed by atoms with Crippen molar-refractivity contribution < 1.29 is 9.90 Å². The van der Waals surface area contributed by atoms with E-state index in [1.807, 2.05) is 4.90 Å². The second kappa shape index (κ2) is 4.31. The van der Waals surface area contributed by atoms with E-state index in [-0.39, 0.29) is 12.5 Å². The van der Waals surface area contributed by atoms with Gasteiger partial charge in [-0.1, -0.05) is 11.6 Å². The van der Waals surface area contributed by atoms with Gasteiger partial charge in [0, 0.05) is 11.6 Å². The van der Waals surface area contributed by atoms with Crippen molar-refractivity contribution >= 4 is 28.9 Å². The Balaban J connectivity index is 2.35. The quantitative estimate of drug-likeness (QED) is 0.823. The molecule has 1 aromatic rings. The third kappa shape index (κ3) is 2.28. The normalized spacial score (nSPS) is 16.7. The molecular weight excluding hydrogens is 228 g/mol. The molecule has 0 fully saturated rings. The molecule has 2 N–H and O–H groups in total. The molecule has 1 aliphatic rings. The molecule has 1 aromatic carbocycles. The van der Waals surface area contributed by atoms with Gasteiger partial charge in [-0.2, -0.15) is 0 Å². The average Bonchev–Trinajstić information content (AvgIpc) is 2.18. The van der Waals surface area contributed by atoms with Crippen LogP contribution < -0.4 is 10.2 Å². The summed E-state index contributed by atoms with van der Waals surface area (Å²) in [5.41, 5.74) is 1.59. The lowest BCUT2D eigenvalue weighted by atomic mass is 10.2. The molecule has 1 heterocycles. The number of carbonyl (C=O) groups excluding carboxylic acids is 1. The summed E-state index contributed by atoms with van der Waals surface area (Å²) >= 11 is 5.91. The highest BCUT2D eigenvalue weighted by molar-refractivity contribution is 6.31. The summed E-state index contributed by atoms with van der Waals surface area (Å²) in [6.45, 7) is 2.36. The van der Waals surface area contributed by atoms with E-state index in [4.69, 9.17) is 11.6 Å². The van der Waals surface area contributed by atoms with Crippen LogP contribution in [0.25, 0.3) is 0 Å². The lowest BCUT2D eigenvalue weighted by Gasteiger charge is -2.31. The largest absolute Gasteiger partial charge is 0.392 e. The van der Waals surface area contributed by atoms with E-state index in [0.29, 0.717) is 11.6 Å². The maximum absolute atomic E-state index is 11.4. The first-order chi connectivity index (χ1) is 7.56. The molecule has 0 aromatic heterocycles. The van der Waals surface area contributed by atoms with Crippen LogP contribution in [0.4, 0.5) is 11.4 Å². The van der Waals surface area contributed by atoms with E-state index in [1.165, 1.54) is 0 Å². The van der Waals surface area contributed by atoms with Crippen LogP contribution in [0.3, 0.4) is 0 Å². The van der Waals surface area contributed by atoms with Crippen molar-refractivity contribution in [2.75, 3.05) is 23.3 Å². The van der Waals surface area contributed by atoms with Gasteiger partial charge in [0.1, 0.15) is 0 Å². The highest BCUT2D eigenvalue weighted by Gasteiger charge is 2.22. The van der Waals surface area contributed by atoms with Crippen molar-refractivity contribution in [2.45, 2.75) is 13.0 Å². The molecule has 0 spiro atoms. The zero-order chi connectivity index (χ0) is 11.7. The van der Waals surface area contributed by atoms with Gasteiger partial charge in [-0.15, -0.1) is 0 Å². The molecule has 0 aliphatic carbocycles. The number of hydrogen-bond donors (Lipinski definition) is 2. The summed E-state index contributed by atoms with van der Waals surface area (Å²) in [5, 5.41) is 12.8. The molecule has 1 amide bonds. The number of aliphatic hydroxyl groups excluding tert-OH is 1. The number of hydrogen-bond acceptors (Lipinski definition) is 3. The minimum atomic E-state index is -0.488.